The molecule has 0 spiro atoms. The van der Waals surface area contributed by atoms with Gasteiger partial charge in [-0.15, -0.1) is 0 Å². The summed E-state index contributed by atoms with van der Waals surface area (Å²) in [5, 5.41) is 3.14. The molecule has 2 aromatic heterocycles. The van der Waals surface area contributed by atoms with Gasteiger partial charge >= 0.3 is 0 Å². The van der Waals surface area contributed by atoms with Gasteiger partial charge in [-0.2, -0.15) is 0 Å². The van der Waals surface area contributed by atoms with Crippen LogP contribution in [-0.2, 0) is 5.41 Å². The first-order chi connectivity index (χ1) is 8.93. The quantitative estimate of drug-likeness (QED) is 0.825. The Morgan fingerprint density at radius 1 is 1.21 bits per heavy atom. The van der Waals surface area contributed by atoms with E-state index in [0.29, 0.717) is 5.82 Å². The SMILES string of the molecule is CNc1nc(-c2cccnc2)nc(C(C)(C)C)c1I. The normalized spacial score (nSPS) is 11.4. The minimum Gasteiger partial charge on any atom is -0.372 e. The highest BCUT2D eigenvalue weighted by Gasteiger charge is 2.23. The van der Waals surface area contributed by atoms with Gasteiger partial charge in [0.25, 0.3) is 0 Å². The lowest BCUT2D eigenvalue weighted by molar-refractivity contribution is 0.564. The number of rotatable bonds is 2. The molecule has 2 aromatic rings. The van der Waals surface area contributed by atoms with Gasteiger partial charge in [0, 0.05) is 30.4 Å². The van der Waals surface area contributed by atoms with Crippen molar-refractivity contribution in [2.45, 2.75) is 26.2 Å². The van der Waals surface area contributed by atoms with Crippen LogP contribution in [0.4, 0.5) is 5.82 Å². The molecule has 0 aliphatic rings. The fourth-order valence-electron chi connectivity index (χ4n) is 1.73. The maximum absolute atomic E-state index is 4.72. The Kier molecular flexibility index (Phi) is 4.03. The summed E-state index contributed by atoms with van der Waals surface area (Å²) in [5.41, 5.74) is 1.95. The van der Waals surface area contributed by atoms with Crippen molar-refractivity contribution in [2.75, 3.05) is 12.4 Å². The average Bonchev–Trinajstić information content (AvgIpc) is 2.38. The van der Waals surface area contributed by atoms with E-state index < -0.39 is 0 Å². The van der Waals surface area contributed by atoms with Crippen molar-refractivity contribution in [2.24, 2.45) is 0 Å². The largest absolute Gasteiger partial charge is 0.372 e. The Bertz CT molecular complexity index is 576. The fourth-order valence-corrected chi connectivity index (χ4v) is 3.05. The zero-order valence-corrected chi connectivity index (χ0v) is 13.7. The molecule has 0 aliphatic heterocycles. The number of hydrogen-bond donors (Lipinski definition) is 1. The van der Waals surface area contributed by atoms with Crippen LogP contribution >= 0.6 is 22.6 Å². The molecule has 0 atom stereocenters. The van der Waals surface area contributed by atoms with Crippen LogP contribution in [0.25, 0.3) is 11.4 Å². The summed E-state index contributed by atoms with van der Waals surface area (Å²) < 4.78 is 1.07. The Morgan fingerprint density at radius 3 is 2.47 bits per heavy atom. The first kappa shape index (κ1) is 14.2. The van der Waals surface area contributed by atoms with Gasteiger partial charge in [-0.3, -0.25) is 4.98 Å². The Morgan fingerprint density at radius 2 is 1.95 bits per heavy atom. The third-order valence-corrected chi connectivity index (χ3v) is 3.74. The number of nitrogens with one attached hydrogen (secondary N) is 1. The first-order valence-corrected chi connectivity index (χ1v) is 7.17. The molecule has 2 heterocycles. The van der Waals surface area contributed by atoms with E-state index in [2.05, 4.69) is 58.6 Å². The molecule has 0 aromatic carbocycles. The second-order valence-corrected chi connectivity index (χ2v) is 6.38. The van der Waals surface area contributed by atoms with Crippen LogP contribution in [0.2, 0.25) is 0 Å². The van der Waals surface area contributed by atoms with Gasteiger partial charge in [0.2, 0.25) is 0 Å². The maximum atomic E-state index is 4.72. The third kappa shape index (κ3) is 3.02. The first-order valence-electron chi connectivity index (χ1n) is 6.09. The van der Waals surface area contributed by atoms with Gasteiger partial charge in [-0.05, 0) is 34.7 Å². The molecule has 0 fully saturated rings. The zero-order chi connectivity index (χ0) is 14.0. The molecular formula is C14H17IN4. The van der Waals surface area contributed by atoms with Gasteiger partial charge in [0.1, 0.15) is 5.82 Å². The number of pyridine rings is 1. The Labute approximate surface area is 127 Å². The van der Waals surface area contributed by atoms with E-state index in [4.69, 9.17) is 4.98 Å². The van der Waals surface area contributed by atoms with Crippen LogP contribution in [-0.4, -0.2) is 22.0 Å². The predicted molar refractivity (Wildman–Crippen MR) is 86.2 cm³/mol. The summed E-state index contributed by atoms with van der Waals surface area (Å²) >= 11 is 2.30. The summed E-state index contributed by atoms with van der Waals surface area (Å²) in [6, 6.07) is 3.87. The molecule has 0 bridgehead atoms. The standard InChI is InChI=1S/C14H17IN4/c1-14(2,3)11-10(15)13(16-4)19-12(18-11)9-6-5-7-17-8-9/h5-8H,1-4H3,(H,16,18,19). The van der Waals surface area contributed by atoms with E-state index in [0.717, 1.165) is 20.6 Å². The molecule has 1 N–H and O–H groups in total. The lowest BCUT2D eigenvalue weighted by Gasteiger charge is -2.21. The smallest absolute Gasteiger partial charge is 0.163 e. The number of aromatic nitrogens is 3. The molecule has 0 amide bonds. The van der Waals surface area contributed by atoms with Gasteiger partial charge in [-0.1, -0.05) is 20.8 Å². The van der Waals surface area contributed by atoms with Crippen LogP contribution in [0.3, 0.4) is 0 Å². The number of anilines is 1. The Hall–Kier alpha value is -1.24. The summed E-state index contributed by atoms with van der Waals surface area (Å²) in [4.78, 5) is 13.4. The fraction of sp³-hybridized carbons (Fsp3) is 0.357. The molecular weight excluding hydrogens is 351 g/mol. The molecule has 2 rings (SSSR count). The van der Waals surface area contributed by atoms with Crippen LogP contribution in [0.1, 0.15) is 26.5 Å². The molecule has 0 saturated heterocycles. The topological polar surface area (TPSA) is 50.7 Å². The lowest BCUT2D eigenvalue weighted by atomic mass is 9.92. The molecule has 0 saturated carbocycles. The van der Waals surface area contributed by atoms with Crippen molar-refractivity contribution < 1.29 is 0 Å². The molecule has 0 unspecified atom stereocenters. The highest BCUT2D eigenvalue weighted by molar-refractivity contribution is 14.1. The van der Waals surface area contributed by atoms with Crippen LogP contribution in [0, 0.1) is 3.57 Å². The molecule has 0 radical (unpaired) electrons. The van der Waals surface area contributed by atoms with Crippen molar-refractivity contribution in [1.29, 1.82) is 0 Å². The van der Waals surface area contributed by atoms with Crippen molar-refractivity contribution in [3.05, 3.63) is 33.8 Å². The molecule has 100 valence electrons. The van der Waals surface area contributed by atoms with Crippen molar-refractivity contribution in [1.82, 2.24) is 15.0 Å². The number of nitrogens with zero attached hydrogens (tertiary/aromatic N) is 3. The van der Waals surface area contributed by atoms with Gasteiger partial charge in [0.15, 0.2) is 5.82 Å². The monoisotopic (exact) mass is 368 g/mol. The molecule has 0 aliphatic carbocycles. The zero-order valence-electron chi connectivity index (χ0n) is 11.5. The summed E-state index contributed by atoms with van der Waals surface area (Å²) in [5.74, 6) is 1.57. The molecule has 5 heteroatoms. The average molecular weight is 368 g/mol. The van der Waals surface area contributed by atoms with Gasteiger partial charge in [-0.25, -0.2) is 9.97 Å². The summed E-state index contributed by atoms with van der Waals surface area (Å²) in [6.07, 6.45) is 3.54. The lowest BCUT2D eigenvalue weighted by Crippen LogP contribution is -2.18. The minimum absolute atomic E-state index is 0.0258. The van der Waals surface area contributed by atoms with Crippen molar-refractivity contribution >= 4 is 28.4 Å². The van der Waals surface area contributed by atoms with Crippen LogP contribution in [0.15, 0.2) is 24.5 Å². The molecule has 19 heavy (non-hydrogen) atoms. The maximum Gasteiger partial charge on any atom is 0.163 e. The second kappa shape index (κ2) is 5.40. The van der Waals surface area contributed by atoms with Gasteiger partial charge < -0.3 is 5.32 Å². The van der Waals surface area contributed by atoms with E-state index in [1.807, 2.05) is 19.2 Å². The highest BCUT2D eigenvalue weighted by atomic mass is 127. The second-order valence-electron chi connectivity index (χ2n) is 5.30. The van der Waals surface area contributed by atoms with Crippen molar-refractivity contribution in [3.63, 3.8) is 0 Å². The van der Waals surface area contributed by atoms with E-state index in [-0.39, 0.29) is 5.41 Å². The van der Waals surface area contributed by atoms with Crippen LogP contribution in [0.5, 0.6) is 0 Å². The number of hydrogen-bond acceptors (Lipinski definition) is 4. The van der Waals surface area contributed by atoms with E-state index in [1.54, 1.807) is 12.4 Å². The van der Waals surface area contributed by atoms with E-state index in [9.17, 15) is 0 Å². The van der Waals surface area contributed by atoms with E-state index >= 15 is 0 Å². The van der Waals surface area contributed by atoms with E-state index in [1.165, 1.54) is 0 Å². The summed E-state index contributed by atoms with van der Waals surface area (Å²) in [7, 11) is 1.88. The molecule has 4 nitrogen and oxygen atoms in total. The summed E-state index contributed by atoms with van der Waals surface area (Å²) in [6.45, 7) is 6.47. The predicted octanol–water partition coefficient (Wildman–Crippen LogP) is 3.48. The Balaban J connectivity index is 2.65. The highest BCUT2D eigenvalue weighted by Crippen LogP contribution is 2.31. The third-order valence-electron chi connectivity index (χ3n) is 2.72. The van der Waals surface area contributed by atoms with Gasteiger partial charge in [0.05, 0.1) is 9.26 Å². The minimum atomic E-state index is -0.0258. The van der Waals surface area contributed by atoms with Crippen molar-refractivity contribution in [3.8, 4) is 11.4 Å². The number of halogens is 1. The van der Waals surface area contributed by atoms with Crippen LogP contribution < -0.4 is 5.32 Å².